The van der Waals surface area contributed by atoms with Crippen LogP contribution in [0.3, 0.4) is 0 Å². The van der Waals surface area contributed by atoms with Gasteiger partial charge in [-0.1, -0.05) is 163 Å². The summed E-state index contributed by atoms with van der Waals surface area (Å²) < 4.78 is 9.48. The van der Waals surface area contributed by atoms with Gasteiger partial charge in [-0.3, -0.25) is 0 Å². The summed E-state index contributed by atoms with van der Waals surface area (Å²) in [5, 5.41) is 33.1. The molecule has 338 valence electrons. The minimum absolute atomic E-state index is 0.357. The van der Waals surface area contributed by atoms with Crippen molar-refractivity contribution in [2.45, 2.75) is 52.4 Å². The molecule has 0 atom stereocenters. The molecule has 14 rings (SSSR count). The lowest BCUT2D eigenvalue weighted by Crippen LogP contribution is -2.42. The largest absolute Gasteiger partial charge is 0.309 e. The number of benzene rings is 9. The van der Waals surface area contributed by atoms with Crippen molar-refractivity contribution in [1.29, 1.82) is 10.5 Å². The predicted octanol–water partition coefficient (Wildman–Crippen LogP) is 16.4. The number of aromatic nitrogens is 4. The molecule has 1 aliphatic rings. The molecule has 13 aromatic rings. The molecule has 0 aliphatic heterocycles. The van der Waals surface area contributed by atoms with Crippen molar-refractivity contribution in [3.05, 3.63) is 204 Å². The van der Waals surface area contributed by atoms with Crippen molar-refractivity contribution in [3.63, 3.8) is 0 Å². The number of rotatable bonds is 4. The summed E-state index contributed by atoms with van der Waals surface area (Å²) in [4.78, 5) is 0. The third-order valence-electron chi connectivity index (χ3n) is 17.5. The van der Waals surface area contributed by atoms with E-state index in [1.807, 2.05) is 0 Å². The van der Waals surface area contributed by atoms with Gasteiger partial charge in [-0.25, -0.2) is 0 Å². The van der Waals surface area contributed by atoms with Crippen LogP contribution in [0.4, 0.5) is 0 Å². The molecule has 71 heavy (non-hydrogen) atoms. The standard InChI is InChI=1S/C65H48N6/c1-63(2)57-58(64(3,4)65(63,5)6)62(71-52-32-20-16-28-46(52)56-54(71)36-34-44-42-26-14-18-30-50(42)69(60(44)56)40-23-11-8-12-24-40)48(38-67)47(37-66)61(57)70-51-31-19-15-27-45(51)55-53(70)35-33-43-41-25-13-17-29-49(41)68(59(43)55)39-21-9-7-10-22-39/h7-36H,1-6H3. The van der Waals surface area contributed by atoms with Crippen LogP contribution in [0.2, 0.25) is 0 Å². The minimum atomic E-state index is -0.498. The van der Waals surface area contributed by atoms with Crippen LogP contribution in [0.5, 0.6) is 0 Å². The highest BCUT2D eigenvalue weighted by molar-refractivity contribution is 6.28. The maximum Gasteiger partial charge on any atom is 0.103 e. The third-order valence-corrected chi connectivity index (χ3v) is 17.5. The molecular formula is C65H48N6. The SMILES string of the molecule is CC1(C)c2c(-n3c4ccccc4c4c3ccc3c5ccccc5n(-c5ccccc5)c34)c(C#N)c(C#N)c(-n3c4ccccc4c4c3ccc3c5ccccc5n(-c5ccccc5)c34)c2C(C)(C)C1(C)C. The highest BCUT2D eigenvalue weighted by Gasteiger charge is 2.60. The first-order chi connectivity index (χ1) is 34.5. The second-order valence-electron chi connectivity index (χ2n) is 21.1. The van der Waals surface area contributed by atoms with E-state index in [4.69, 9.17) is 0 Å². The van der Waals surface area contributed by atoms with Crippen LogP contribution >= 0.6 is 0 Å². The monoisotopic (exact) mass is 912 g/mol. The highest BCUT2D eigenvalue weighted by Crippen LogP contribution is 2.66. The summed E-state index contributed by atoms with van der Waals surface area (Å²) in [6, 6.07) is 70.3. The Morgan fingerprint density at radius 3 is 1.01 bits per heavy atom. The predicted molar refractivity (Wildman–Crippen MR) is 293 cm³/mol. The highest BCUT2D eigenvalue weighted by atomic mass is 15.1. The van der Waals surface area contributed by atoms with E-state index in [9.17, 15) is 10.5 Å². The second kappa shape index (κ2) is 14.1. The zero-order valence-electron chi connectivity index (χ0n) is 40.5. The van der Waals surface area contributed by atoms with Crippen molar-refractivity contribution in [3.8, 4) is 34.9 Å². The van der Waals surface area contributed by atoms with Crippen molar-refractivity contribution < 1.29 is 0 Å². The van der Waals surface area contributed by atoms with Crippen LogP contribution in [0.15, 0.2) is 182 Å². The van der Waals surface area contributed by atoms with E-state index in [1.165, 1.54) is 10.8 Å². The molecule has 1 aliphatic carbocycles. The van der Waals surface area contributed by atoms with Crippen molar-refractivity contribution in [1.82, 2.24) is 18.3 Å². The van der Waals surface area contributed by atoms with Crippen molar-refractivity contribution in [2.75, 3.05) is 0 Å². The zero-order valence-corrected chi connectivity index (χ0v) is 40.5. The maximum atomic E-state index is 12.0. The summed E-state index contributed by atoms with van der Waals surface area (Å²) in [6.45, 7) is 14.2. The molecule has 6 nitrogen and oxygen atoms in total. The van der Waals surface area contributed by atoms with Crippen LogP contribution in [0.1, 0.15) is 63.8 Å². The lowest BCUT2D eigenvalue weighted by molar-refractivity contribution is 0.125. The summed E-state index contributed by atoms with van der Waals surface area (Å²) >= 11 is 0. The lowest BCUT2D eigenvalue weighted by atomic mass is 9.59. The van der Waals surface area contributed by atoms with E-state index < -0.39 is 10.8 Å². The molecule has 0 fully saturated rings. The summed E-state index contributed by atoms with van der Waals surface area (Å²) in [5.74, 6) is 0. The van der Waals surface area contributed by atoms with Gasteiger partial charge in [0, 0.05) is 54.5 Å². The molecule has 0 spiro atoms. The van der Waals surface area contributed by atoms with E-state index >= 15 is 0 Å². The molecule has 0 bridgehead atoms. The van der Waals surface area contributed by atoms with Gasteiger partial charge in [0.25, 0.3) is 0 Å². The molecule has 6 heteroatoms. The van der Waals surface area contributed by atoms with Crippen LogP contribution in [-0.2, 0) is 10.8 Å². The first-order valence-electron chi connectivity index (χ1n) is 24.6. The molecular weight excluding hydrogens is 865 g/mol. The Bertz CT molecular complexity index is 4260. The minimum Gasteiger partial charge on any atom is -0.309 e. The topological polar surface area (TPSA) is 67.3 Å². The average Bonchev–Trinajstić information content (AvgIpc) is 4.15. The third kappa shape index (κ3) is 4.99. The van der Waals surface area contributed by atoms with Crippen LogP contribution in [0, 0.1) is 28.1 Å². The number of nitriles is 2. The van der Waals surface area contributed by atoms with Crippen LogP contribution in [-0.4, -0.2) is 18.3 Å². The Kier molecular flexibility index (Phi) is 8.19. The normalized spacial score (nSPS) is 14.9. The number of hydrogen-bond donors (Lipinski definition) is 0. The Hall–Kier alpha value is -8.84. The molecule has 0 amide bonds. The molecule has 4 aromatic heterocycles. The molecule has 0 saturated heterocycles. The fourth-order valence-electron chi connectivity index (χ4n) is 13.2. The number of fused-ring (bicyclic) bond motifs is 15. The van der Waals surface area contributed by atoms with Gasteiger partial charge in [0.1, 0.15) is 12.1 Å². The number of nitrogens with zero attached hydrogens (tertiary/aromatic N) is 6. The van der Waals surface area contributed by atoms with E-state index in [2.05, 4.69) is 254 Å². The smallest absolute Gasteiger partial charge is 0.103 e. The van der Waals surface area contributed by atoms with Gasteiger partial charge in [-0.15, -0.1) is 0 Å². The van der Waals surface area contributed by atoms with E-state index in [-0.39, 0.29) is 5.41 Å². The van der Waals surface area contributed by atoms with Gasteiger partial charge in [0.15, 0.2) is 0 Å². The second-order valence-corrected chi connectivity index (χ2v) is 21.1. The maximum absolute atomic E-state index is 12.0. The molecule has 4 heterocycles. The lowest BCUT2D eigenvalue weighted by Gasteiger charge is -2.45. The van der Waals surface area contributed by atoms with Gasteiger partial charge in [-0.2, -0.15) is 10.5 Å². The Morgan fingerprint density at radius 1 is 0.324 bits per heavy atom. The van der Waals surface area contributed by atoms with E-state index in [0.717, 1.165) is 110 Å². The Balaban J connectivity index is 1.19. The Labute approximate surface area is 411 Å². The van der Waals surface area contributed by atoms with E-state index in [1.54, 1.807) is 0 Å². The molecule has 9 aromatic carbocycles. The fourth-order valence-corrected chi connectivity index (χ4v) is 13.2. The van der Waals surface area contributed by atoms with Gasteiger partial charge in [-0.05, 0) is 88.0 Å². The van der Waals surface area contributed by atoms with Crippen molar-refractivity contribution in [2.24, 2.45) is 5.41 Å². The quantitative estimate of drug-likeness (QED) is 0.177. The molecule has 0 saturated carbocycles. The Morgan fingerprint density at radius 2 is 0.648 bits per heavy atom. The summed E-state index contributed by atoms with van der Waals surface area (Å²) in [7, 11) is 0. The molecule has 0 N–H and O–H groups in total. The summed E-state index contributed by atoms with van der Waals surface area (Å²) in [5.41, 5.74) is 13.7. The first kappa shape index (κ1) is 41.2. The zero-order chi connectivity index (χ0) is 48.3. The number of hydrogen-bond acceptors (Lipinski definition) is 2. The fraction of sp³-hybridized carbons (Fsp3) is 0.138. The first-order valence-corrected chi connectivity index (χ1v) is 24.6. The van der Waals surface area contributed by atoms with Crippen molar-refractivity contribution >= 4 is 87.2 Å². The summed E-state index contributed by atoms with van der Waals surface area (Å²) in [6.07, 6.45) is 0. The average molecular weight is 913 g/mol. The number of para-hydroxylation sites is 6. The van der Waals surface area contributed by atoms with Gasteiger partial charge >= 0.3 is 0 Å². The van der Waals surface area contributed by atoms with Gasteiger partial charge < -0.3 is 18.3 Å². The van der Waals surface area contributed by atoms with Crippen LogP contribution < -0.4 is 0 Å². The van der Waals surface area contributed by atoms with Crippen LogP contribution in [0.25, 0.3) is 110 Å². The molecule has 0 unspecified atom stereocenters. The van der Waals surface area contributed by atoms with Gasteiger partial charge in [0.2, 0.25) is 0 Å². The van der Waals surface area contributed by atoms with Gasteiger partial charge in [0.05, 0.1) is 66.6 Å². The molecule has 0 radical (unpaired) electrons. The van der Waals surface area contributed by atoms with E-state index in [0.29, 0.717) is 11.1 Å².